The first-order chi connectivity index (χ1) is 7.90. The van der Waals surface area contributed by atoms with Gasteiger partial charge < -0.3 is 0 Å². The molecule has 87 valence electrons. The second-order valence-corrected chi connectivity index (χ2v) is 5.04. The number of rotatable bonds is 2. The lowest BCUT2D eigenvalue weighted by molar-refractivity contribution is 0.455. The third-order valence-corrected chi connectivity index (χ3v) is 3.82. The highest BCUT2D eigenvalue weighted by Gasteiger charge is 2.13. The van der Waals surface area contributed by atoms with Crippen LogP contribution in [0.4, 0.5) is 0 Å². The van der Waals surface area contributed by atoms with Crippen LogP contribution in [0.2, 0.25) is 0 Å². The average Bonchev–Trinajstić information content (AvgIpc) is 2.29. The summed E-state index contributed by atoms with van der Waals surface area (Å²) in [6, 6.07) is 9.08. The summed E-state index contributed by atoms with van der Waals surface area (Å²) >= 11 is 0. The highest BCUT2D eigenvalue weighted by molar-refractivity contribution is 5.27. The molecule has 0 aliphatic heterocycles. The first-order valence-electron chi connectivity index (χ1n) is 6.78. The Morgan fingerprint density at radius 1 is 1.00 bits per heavy atom. The van der Waals surface area contributed by atoms with E-state index < -0.39 is 0 Å². The fourth-order valence-corrected chi connectivity index (χ4v) is 2.79. The van der Waals surface area contributed by atoms with Crippen molar-refractivity contribution in [3.8, 4) is 0 Å². The molecular formula is C16H23. The van der Waals surface area contributed by atoms with Crippen LogP contribution in [0, 0.1) is 6.92 Å². The Balaban J connectivity index is 2.07. The zero-order valence-electron chi connectivity index (χ0n) is 10.3. The Labute approximate surface area is 100 Å². The molecule has 0 spiro atoms. The van der Waals surface area contributed by atoms with Crippen molar-refractivity contribution in [2.75, 3.05) is 0 Å². The molecule has 0 saturated heterocycles. The van der Waals surface area contributed by atoms with E-state index in [4.69, 9.17) is 0 Å². The van der Waals surface area contributed by atoms with Gasteiger partial charge in [0.25, 0.3) is 0 Å². The summed E-state index contributed by atoms with van der Waals surface area (Å²) in [6.45, 7) is 3.98. The summed E-state index contributed by atoms with van der Waals surface area (Å²) in [5.41, 5.74) is 2.95. The average molecular weight is 215 g/mol. The molecular weight excluding hydrogens is 192 g/mol. The quantitative estimate of drug-likeness (QED) is 0.659. The van der Waals surface area contributed by atoms with Gasteiger partial charge in [0.15, 0.2) is 0 Å². The SMILES string of the molecule is [CH2]Cc1cccc(C2CCCCCCC2)c1. The van der Waals surface area contributed by atoms with Gasteiger partial charge in [-0.3, -0.25) is 0 Å². The maximum atomic E-state index is 3.98. The molecule has 1 radical (unpaired) electrons. The van der Waals surface area contributed by atoms with E-state index in [0.717, 1.165) is 12.3 Å². The van der Waals surface area contributed by atoms with Crippen molar-refractivity contribution in [3.63, 3.8) is 0 Å². The summed E-state index contributed by atoms with van der Waals surface area (Å²) in [5.74, 6) is 0.812. The van der Waals surface area contributed by atoms with Gasteiger partial charge in [0, 0.05) is 0 Å². The normalized spacial score (nSPS) is 19.1. The molecule has 0 amide bonds. The Morgan fingerprint density at radius 3 is 2.38 bits per heavy atom. The van der Waals surface area contributed by atoms with Crippen LogP contribution in [0.5, 0.6) is 0 Å². The largest absolute Gasteiger partial charge is 0.0617 e. The molecule has 1 fully saturated rings. The van der Waals surface area contributed by atoms with Gasteiger partial charge in [-0.2, -0.15) is 0 Å². The zero-order chi connectivity index (χ0) is 11.2. The topological polar surface area (TPSA) is 0 Å². The molecule has 0 atom stereocenters. The fourth-order valence-electron chi connectivity index (χ4n) is 2.79. The highest BCUT2D eigenvalue weighted by Crippen LogP contribution is 2.31. The van der Waals surface area contributed by atoms with Crippen LogP contribution in [0.25, 0.3) is 0 Å². The van der Waals surface area contributed by atoms with Gasteiger partial charge in [-0.05, 0) is 43.2 Å². The predicted molar refractivity (Wildman–Crippen MR) is 70.6 cm³/mol. The molecule has 0 heterocycles. The van der Waals surface area contributed by atoms with Crippen LogP contribution < -0.4 is 0 Å². The van der Waals surface area contributed by atoms with Crippen molar-refractivity contribution in [2.45, 2.75) is 57.3 Å². The lowest BCUT2D eigenvalue weighted by atomic mass is 9.85. The van der Waals surface area contributed by atoms with Crippen molar-refractivity contribution in [3.05, 3.63) is 42.3 Å². The van der Waals surface area contributed by atoms with Crippen LogP contribution in [0.15, 0.2) is 24.3 Å². The van der Waals surface area contributed by atoms with E-state index in [9.17, 15) is 0 Å². The van der Waals surface area contributed by atoms with Gasteiger partial charge in [-0.15, -0.1) is 0 Å². The first-order valence-corrected chi connectivity index (χ1v) is 6.78. The molecule has 2 rings (SSSR count). The van der Waals surface area contributed by atoms with Gasteiger partial charge in [-0.1, -0.05) is 56.4 Å². The van der Waals surface area contributed by atoms with Crippen molar-refractivity contribution in [2.24, 2.45) is 0 Å². The maximum absolute atomic E-state index is 3.98. The Kier molecular flexibility index (Phi) is 4.44. The van der Waals surface area contributed by atoms with E-state index in [-0.39, 0.29) is 0 Å². The molecule has 0 unspecified atom stereocenters. The van der Waals surface area contributed by atoms with E-state index >= 15 is 0 Å². The number of hydrogen-bond acceptors (Lipinski definition) is 0. The third-order valence-electron chi connectivity index (χ3n) is 3.82. The summed E-state index contributed by atoms with van der Waals surface area (Å²) in [6.07, 6.45) is 10.9. The Bertz CT molecular complexity index is 306. The van der Waals surface area contributed by atoms with Gasteiger partial charge in [0.05, 0.1) is 0 Å². The number of hydrogen-bond donors (Lipinski definition) is 0. The first kappa shape index (κ1) is 11.7. The molecule has 0 nitrogen and oxygen atoms in total. The van der Waals surface area contributed by atoms with Crippen molar-refractivity contribution in [1.29, 1.82) is 0 Å². The van der Waals surface area contributed by atoms with Gasteiger partial charge in [0.1, 0.15) is 0 Å². The van der Waals surface area contributed by atoms with E-state index in [1.807, 2.05) is 0 Å². The van der Waals surface area contributed by atoms with Gasteiger partial charge >= 0.3 is 0 Å². The smallest absolute Gasteiger partial charge is 0.0162 e. The Morgan fingerprint density at radius 2 is 1.69 bits per heavy atom. The minimum Gasteiger partial charge on any atom is -0.0617 e. The van der Waals surface area contributed by atoms with Crippen molar-refractivity contribution < 1.29 is 0 Å². The molecule has 16 heavy (non-hydrogen) atoms. The number of benzene rings is 1. The molecule has 1 aromatic carbocycles. The van der Waals surface area contributed by atoms with E-state index in [1.165, 1.54) is 50.5 Å². The summed E-state index contributed by atoms with van der Waals surface area (Å²) in [7, 11) is 0. The van der Waals surface area contributed by atoms with Crippen molar-refractivity contribution >= 4 is 0 Å². The van der Waals surface area contributed by atoms with E-state index in [1.54, 1.807) is 5.56 Å². The highest BCUT2D eigenvalue weighted by atomic mass is 14.2. The van der Waals surface area contributed by atoms with E-state index in [2.05, 4.69) is 31.2 Å². The van der Waals surface area contributed by atoms with Crippen LogP contribution in [-0.4, -0.2) is 0 Å². The lowest BCUT2D eigenvalue weighted by Crippen LogP contribution is -2.02. The van der Waals surface area contributed by atoms with Gasteiger partial charge in [0.2, 0.25) is 0 Å². The Hall–Kier alpha value is -0.780. The zero-order valence-corrected chi connectivity index (χ0v) is 10.3. The molecule has 1 saturated carbocycles. The summed E-state index contributed by atoms with van der Waals surface area (Å²) in [5, 5.41) is 0. The minimum absolute atomic E-state index is 0.812. The maximum Gasteiger partial charge on any atom is -0.0162 e. The molecule has 0 N–H and O–H groups in total. The molecule has 1 aliphatic rings. The third kappa shape index (κ3) is 3.10. The van der Waals surface area contributed by atoms with Crippen LogP contribution in [0.1, 0.15) is 62.0 Å². The second-order valence-electron chi connectivity index (χ2n) is 5.04. The van der Waals surface area contributed by atoms with E-state index in [0.29, 0.717) is 0 Å². The molecule has 0 aromatic heterocycles. The van der Waals surface area contributed by atoms with Crippen molar-refractivity contribution in [1.82, 2.24) is 0 Å². The molecule has 0 heteroatoms. The van der Waals surface area contributed by atoms with Crippen LogP contribution in [0.3, 0.4) is 0 Å². The lowest BCUT2D eigenvalue weighted by Gasteiger charge is -2.20. The van der Waals surface area contributed by atoms with Crippen LogP contribution >= 0.6 is 0 Å². The van der Waals surface area contributed by atoms with Gasteiger partial charge in [-0.25, -0.2) is 0 Å². The molecule has 1 aliphatic carbocycles. The summed E-state index contributed by atoms with van der Waals surface area (Å²) in [4.78, 5) is 0. The van der Waals surface area contributed by atoms with Crippen LogP contribution in [-0.2, 0) is 6.42 Å². The monoisotopic (exact) mass is 215 g/mol. The second kappa shape index (κ2) is 6.08. The molecule has 0 bridgehead atoms. The predicted octanol–water partition coefficient (Wildman–Crippen LogP) is 4.89. The summed E-state index contributed by atoms with van der Waals surface area (Å²) < 4.78 is 0. The minimum atomic E-state index is 0.812. The molecule has 1 aromatic rings. The standard InChI is InChI=1S/C16H23/c1-2-14-9-8-12-16(13-14)15-10-6-4-3-5-7-11-15/h8-9,12-13,15H,1-7,10-11H2. The fraction of sp³-hybridized carbons (Fsp3) is 0.562.